The summed E-state index contributed by atoms with van der Waals surface area (Å²) in [6.07, 6.45) is 0.729. The van der Waals surface area contributed by atoms with Crippen LogP contribution in [0.4, 0.5) is 0 Å². The summed E-state index contributed by atoms with van der Waals surface area (Å²) in [6, 6.07) is 2.43. The van der Waals surface area contributed by atoms with Crippen molar-refractivity contribution in [3.05, 3.63) is 16.4 Å². The topological polar surface area (TPSA) is 53.6 Å². The van der Waals surface area contributed by atoms with Crippen LogP contribution < -0.4 is 5.32 Å². The molecule has 0 fully saturated rings. The molecule has 0 saturated heterocycles. The fraction of sp³-hybridized carbons (Fsp3) is 0.667. The van der Waals surface area contributed by atoms with Crippen molar-refractivity contribution in [1.29, 1.82) is 5.26 Å². The van der Waals surface area contributed by atoms with E-state index >= 15 is 0 Å². The first-order chi connectivity index (χ1) is 7.95. The lowest BCUT2D eigenvalue weighted by atomic mass is 10.2. The zero-order valence-electron chi connectivity index (χ0n) is 10.8. The molecule has 0 aliphatic heterocycles. The number of nitrogens with one attached hydrogen (secondary N) is 1. The van der Waals surface area contributed by atoms with Crippen molar-refractivity contribution in [2.75, 3.05) is 0 Å². The molecule has 5 heteroatoms. The summed E-state index contributed by atoms with van der Waals surface area (Å²) >= 11 is 6.07. The maximum absolute atomic E-state index is 9.01. The molecule has 0 saturated carbocycles. The van der Waals surface area contributed by atoms with Gasteiger partial charge in [0.25, 0.3) is 0 Å². The minimum absolute atomic E-state index is 0.141. The normalized spacial score (nSPS) is 12.8. The van der Waals surface area contributed by atoms with E-state index in [0.29, 0.717) is 12.6 Å². The van der Waals surface area contributed by atoms with E-state index in [0.717, 1.165) is 22.8 Å². The molecule has 17 heavy (non-hydrogen) atoms. The first kappa shape index (κ1) is 14.0. The van der Waals surface area contributed by atoms with Crippen molar-refractivity contribution >= 4 is 11.6 Å². The lowest BCUT2D eigenvalue weighted by Crippen LogP contribution is -2.34. The second kappa shape index (κ2) is 6.04. The van der Waals surface area contributed by atoms with Gasteiger partial charge in [-0.3, -0.25) is 10.00 Å². The van der Waals surface area contributed by atoms with Crippen LogP contribution in [0.15, 0.2) is 0 Å². The van der Waals surface area contributed by atoms with Crippen LogP contribution in [-0.2, 0) is 6.54 Å². The van der Waals surface area contributed by atoms with Gasteiger partial charge in [-0.1, -0.05) is 11.6 Å². The Kier molecular flexibility index (Phi) is 4.98. The van der Waals surface area contributed by atoms with Crippen molar-refractivity contribution in [3.63, 3.8) is 0 Å². The first-order valence-corrected chi connectivity index (χ1v) is 6.18. The van der Waals surface area contributed by atoms with Crippen molar-refractivity contribution in [2.45, 2.75) is 52.7 Å². The van der Waals surface area contributed by atoms with Crippen LogP contribution in [0.5, 0.6) is 0 Å². The summed E-state index contributed by atoms with van der Waals surface area (Å²) in [5.74, 6) is 0. The van der Waals surface area contributed by atoms with Gasteiger partial charge in [0.05, 0.1) is 28.5 Å². The van der Waals surface area contributed by atoms with Gasteiger partial charge in [-0.25, -0.2) is 0 Å². The highest BCUT2D eigenvalue weighted by Gasteiger charge is 2.12. The van der Waals surface area contributed by atoms with E-state index in [4.69, 9.17) is 16.9 Å². The molecule has 1 rings (SSSR count). The van der Waals surface area contributed by atoms with Crippen LogP contribution in [0.3, 0.4) is 0 Å². The molecule has 94 valence electrons. The number of nitrogens with zero attached hydrogens (tertiary/aromatic N) is 3. The van der Waals surface area contributed by atoms with Crippen LogP contribution in [0, 0.1) is 25.2 Å². The van der Waals surface area contributed by atoms with E-state index in [2.05, 4.69) is 16.5 Å². The third-order valence-electron chi connectivity index (χ3n) is 2.61. The predicted molar refractivity (Wildman–Crippen MR) is 69.0 cm³/mol. The van der Waals surface area contributed by atoms with Gasteiger partial charge in [-0.05, 0) is 34.1 Å². The zero-order chi connectivity index (χ0) is 13.0. The van der Waals surface area contributed by atoms with E-state index < -0.39 is 0 Å². The molecule has 1 heterocycles. The Balaban J connectivity index is 2.60. The van der Waals surface area contributed by atoms with Gasteiger partial charge in [0.15, 0.2) is 0 Å². The average molecular weight is 255 g/mol. The van der Waals surface area contributed by atoms with Gasteiger partial charge in [-0.15, -0.1) is 0 Å². The Morgan fingerprint density at radius 3 is 2.53 bits per heavy atom. The maximum Gasteiger partial charge on any atom is 0.0972 e. The molecule has 0 aliphatic rings. The Morgan fingerprint density at radius 2 is 2.12 bits per heavy atom. The highest BCUT2D eigenvalue weighted by molar-refractivity contribution is 6.31. The summed E-state index contributed by atoms with van der Waals surface area (Å²) in [4.78, 5) is 0. The summed E-state index contributed by atoms with van der Waals surface area (Å²) in [7, 11) is 0. The highest BCUT2D eigenvalue weighted by Crippen LogP contribution is 2.19. The Bertz CT molecular complexity index is 417. The summed E-state index contributed by atoms with van der Waals surface area (Å²) in [5.41, 5.74) is 1.81. The molecular weight excluding hydrogens is 236 g/mol. The smallest absolute Gasteiger partial charge is 0.0972 e. The Morgan fingerprint density at radius 1 is 1.47 bits per heavy atom. The first-order valence-electron chi connectivity index (χ1n) is 5.81. The zero-order valence-corrected chi connectivity index (χ0v) is 11.5. The van der Waals surface area contributed by atoms with Crippen LogP contribution in [-0.4, -0.2) is 21.9 Å². The van der Waals surface area contributed by atoms with Crippen LogP contribution in [0.2, 0.25) is 5.02 Å². The number of aromatic nitrogens is 2. The van der Waals surface area contributed by atoms with E-state index in [1.807, 2.05) is 32.4 Å². The maximum atomic E-state index is 9.01. The lowest BCUT2D eigenvalue weighted by Gasteiger charge is -2.14. The molecule has 0 radical (unpaired) electrons. The van der Waals surface area contributed by atoms with Gasteiger partial charge in [-0.2, -0.15) is 10.4 Å². The van der Waals surface area contributed by atoms with Gasteiger partial charge in [0.1, 0.15) is 0 Å². The molecule has 0 amide bonds. The number of rotatable bonds is 5. The van der Waals surface area contributed by atoms with Crippen molar-refractivity contribution in [3.8, 4) is 6.07 Å². The van der Waals surface area contributed by atoms with E-state index in [-0.39, 0.29) is 6.04 Å². The van der Waals surface area contributed by atoms with E-state index in [1.54, 1.807) is 0 Å². The minimum Gasteiger partial charge on any atom is -0.300 e. The largest absolute Gasteiger partial charge is 0.300 e. The van der Waals surface area contributed by atoms with Gasteiger partial charge in [0.2, 0.25) is 0 Å². The summed E-state index contributed by atoms with van der Waals surface area (Å²) in [6.45, 7) is 8.60. The molecule has 1 unspecified atom stereocenters. The third-order valence-corrected chi connectivity index (χ3v) is 3.16. The second-order valence-electron chi connectivity index (χ2n) is 4.50. The third kappa shape index (κ3) is 3.72. The Hall–Kier alpha value is -1.05. The second-order valence-corrected chi connectivity index (χ2v) is 4.88. The number of halogens is 1. The molecule has 1 aromatic rings. The predicted octanol–water partition coefficient (Wildman–Crippen LogP) is 2.43. The van der Waals surface area contributed by atoms with Crippen molar-refractivity contribution in [2.24, 2.45) is 0 Å². The average Bonchev–Trinajstić information content (AvgIpc) is 2.51. The molecule has 0 bridgehead atoms. The fourth-order valence-electron chi connectivity index (χ4n) is 1.73. The van der Waals surface area contributed by atoms with Gasteiger partial charge < -0.3 is 0 Å². The number of hydrogen-bond donors (Lipinski definition) is 1. The molecule has 0 aliphatic carbocycles. The summed E-state index contributed by atoms with van der Waals surface area (Å²) < 4.78 is 1.87. The number of nitriles is 1. The van der Waals surface area contributed by atoms with E-state index in [9.17, 15) is 0 Å². The SMILES string of the molecule is Cc1nn(CCC(C#N)NC(C)C)c(C)c1Cl. The number of aryl methyl sites for hydroxylation is 2. The van der Waals surface area contributed by atoms with Crippen molar-refractivity contribution in [1.82, 2.24) is 15.1 Å². The van der Waals surface area contributed by atoms with Crippen LogP contribution >= 0.6 is 11.6 Å². The van der Waals surface area contributed by atoms with Gasteiger partial charge in [0, 0.05) is 12.6 Å². The Labute approximate surface area is 108 Å². The molecule has 4 nitrogen and oxygen atoms in total. The highest BCUT2D eigenvalue weighted by atomic mass is 35.5. The minimum atomic E-state index is -0.141. The quantitative estimate of drug-likeness (QED) is 0.878. The molecule has 1 N–H and O–H groups in total. The monoisotopic (exact) mass is 254 g/mol. The fourth-order valence-corrected chi connectivity index (χ4v) is 1.87. The molecule has 0 spiro atoms. The molecular formula is C12H19ClN4. The van der Waals surface area contributed by atoms with E-state index in [1.165, 1.54) is 0 Å². The number of hydrogen-bond acceptors (Lipinski definition) is 3. The standard InChI is InChI=1S/C12H19ClN4/c1-8(2)15-11(7-14)5-6-17-10(4)12(13)9(3)16-17/h8,11,15H,5-6H2,1-4H3. The molecule has 0 aromatic carbocycles. The van der Waals surface area contributed by atoms with Crippen LogP contribution in [0.1, 0.15) is 31.7 Å². The van der Waals surface area contributed by atoms with Crippen molar-refractivity contribution < 1.29 is 0 Å². The lowest BCUT2D eigenvalue weighted by molar-refractivity contribution is 0.457. The van der Waals surface area contributed by atoms with Crippen LogP contribution in [0.25, 0.3) is 0 Å². The molecule has 1 aromatic heterocycles. The molecule has 1 atom stereocenters. The summed E-state index contributed by atoms with van der Waals surface area (Å²) in [5, 5.41) is 17.3. The van der Waals surface area contributed by atoms with Gasteiger partial charge >= 0.3 is 0 Å².